The lowest BCUT2D eigenvalue weighted by molar-refractivity contribution is -0.139. The van der Waals surface area contributed by atoms with E-state index in [9.17, 15) is 18.0 Å². The average Bonchev–Trinajstić information content (AvgIpc) is 2.33. The molecule has 0 bridgehead atoms. The van der Waals surface area contributed by atoms with Crippen LogP contribution in [0, 0.1) is 11.8 Å². The van der Waals surface area contributed by atoms with Gasteiger partial charge in [0, 0.05) is 18.7 Å². The number of halogens is 3. The molecule has 0 N–H and O–H groups in total. The molecule has 1 heterocycles. The molecule has 0 aliphatic rings. The summed E-state index contributed by atoms with van der Waals surface area (Å²) >= 11 is 0.988. The third kappa shape index (κ3) is 4.83. The maximum absolute atomic E-state index is 12.7. The van der Waals surface area contributed by atoms with E-state index >= 15 is 0 Å². The van der Waals surface area contributed by atoms with Crippen molar-refractivity contribution in [2.45, 2.75) is 13.1 Å². The zero-order valence-electron chi connectivity index (χ0n) is 10.2. The summed E-state index contributed by atoms with van der Waals surface area (Å²) in [6.45, 7) is 1.39. The van der Waals surface area contributed by atoms with Crippen LogP contribution >= 0.6 is 11.8 Å². The van der Waals surface area contributed by atoms with Crippen molar-refractivity contribution >= 4 is 16.9 Å². The van der Waals surface area contributed by atoms with Gasteiger partial charge in [-0.1, -0.05) is 23.6 Å². The predicted molar refractivity (Wildman–Crippen MR) is 65.8 cm³/mol. The Balaban J connectivity index is 2.96. The minimum atomic E-state index is -4.55. The third-order valence-electron chi connectivity index (χ3n) is 1.93. The van der Waals surface area contributed by atoms with E-state index in [0.29, 0.717) is 0 Å². The van der Waals surface area contributed by atoms with Crippen LogP contribution < -0.4 is 4.74 Å². The number of thioether (sulfide) groups is 1. The topological polar surface area (TPSA) is 39.2 Å². The van der Waals surface area contributed by atoms with E-state index in [-0.39, 0.29) is 16.4 Å². The number of alkyl halides is 3. The SMILES string of the molecule is COc1ncc(C#CCSC(C)=O)cc1C(F)(F)F. The Bertz CT molecular complexity index is 532. The molecular weight excluding hydrogens is 279 g/mol. The van der Waals surface area contributed by atoms with Crippen molar-refractivity contribution in [3.63, 3.8) is 0 Å². The number of rotatable bonds is 2. The van der Waals surface area contributed by atoms with Crippen LogP contribution in [0.25, 0.3) is 0 Å². The molecule has 0 aliphatic carbocycles. The molecule has 102 valence electrons. The van der Waals surface area contributed by atoms with Gasteiger partial charge in [0.25, 0.3) is 0 Å². The molecule has 1 aromatic rings. The number of pyridine rings is 1. The lowest BCUT2D eigenvalue weighted by Gasteiger charge is -2.10. The minimum Gasteiger partial charge on any atom is -0.481 e. The first kappa shape index (κ1) is 15.4. The van der Waals surface area contributed by atoms with Gasteiger partial charge in [0.15, 0.2) is 5.12 Å². The zero-order chi connectivity index (χ0) is 14.5. The van der Waals surface area contributed by atoms with Crippen LogP contribution in [0.2, 0.25) is 0 Å². The molecule has 0 aromatic carbocycles. The Morgan fingerprint density at radius 2 is 2.21 bits per heavy atom. The van der Waals surface area contributed by atoms with E-state index in [0.717, 1.165) is 24.9 Å². The first-order valence-electron chi connectivity index (χ1n) is 5.08. The number of hydrogen-bond donors (Lipinski definition) is 0. The second kappa shape index (κ2) is 6.48. The van der Waals surface area contributed by atoms with Crippen molar-refractivity contribution in [1.82, 2.24) is 4.98 Å². The Labute approximate surface area is 112 Å². The van der Waals surface area contributed by atoms with Gasteiger partial charge >= 0.3 is 6.18 Å². The van der Waals surface area contributed by atoms with Crippen LogP contribution in [0.4, 0.5) is 13.2 Å². The molecule has 1 rings (SSSR count). The highest BCUT2D eigenvalue weighted by atomic mass is 32.2. The van der Waals surface area contributed by atoms with Crippen molar-refractivity contribution in [2.75, 3.05) is 12.9 Å². The van der Waals surface area contributed by atoms with Gasteiger partial charge in [-0.3, -0.25) is 4.79 Å². The second-order valence-corrected chi connectivity index (χ2v) is 4.51. The molecule has 19 heavy (non-hydrogen) atoms. The first-order chi connectivity index (χ1) is 8.84. The number of ether oxygens (including phenoxy) is 1. The van der Waals surface area contributed by atoms with E-state index in [4.69, 9.17) is 0 Å². The fourth-order valence-electron chi connectivity index (χ4n) is 1.16. The van der Waals surface area contributed by atoms with Gasteiger partial charge in [0.1, 0.15) is 5.56 Å². The number of nitrogens with zero attached hydrogens (tertiary/aromatic N) is 1. The van der Waals surface area contributed by atoms with Gasteiger partial charge < -0.3 is 4.74 Å². The van der Waals surface area contributed by atoms with E-state index in [1.807, 2.05) is 0 Å². The summed E-state index contributed by atoms with van der Waals surface area (Å²) in [6, 6.07) is 0.872. The standard InChI is InChI=1S/C12H10F3NO2S/c1-8(17)19-5-3-4-9-6-10(12(13,14)15)11(18-2)16-7-9/h6-7H,5H2,1-2H3. The maximum atomic E-state index is 12.7. The summed E-state index contributed by atoms with van der Waals surface area (Å²) in [5.41, 5.74) is -0.849. The molecule has 0 unspecified atom stereocenters. The summed E-state index contributed by atoms with van der Waals surface area (Å²) in [6.07, 6.45) is -3.36. The molecule has 3 nitrogen and oxygen atoms in total. The number of hydrogen-bond acceptors (Lipinski definition) is 4. The monoisotopic (exact) mass is 289 g/mol. The normalized spacial score (nSPS) is 10.6. The van der Waals surface area contributed by atoms with Crippen LogP contribution in [0.3, 0.4) is 0 Å². The van der Waals surface area contributed by atoms with Crippen molar-refractivity contribution in [2.24, 2.45) is 0 Å². The molecule has 0 saturated carbocycles. The van der Waals surface area contributed by atoms with Crippen LogP contribution in [0.15, 0.2) is 12.3 Å². The lowest BCUT2D eigenvalue weighted by atomic mass is 10.2. The summed E-state index contributed by atoms with van der Waals surface area (Å²) in [7, 11) is 1.12. The smallest absolute Gasteiger partial charge is 0.421 e. The van der Waals surface area contributed by atoms with Gasteiger partial charge in [-0.2, -0.15) is 13.2 Å². The number of carbonyl (C=O) groups is 1. The van der Waals surface area contributed by atoms with E-state index in [2.05, 4.69) is 21.6 Å². The fourth-order valence-corrected chi connectivity index (χ4v) is 1.51. The number of aromatic nitrogens is 1. The quantitative estimate of drug-likeness (QED) is 0.785. The summed E-state index contributed by atoms with van der Waals surface area (Å²) in [5, 5.41) is -0.0989. The van der Waals surface area contributed by atoms with Crippen molar-refractivity contribution in [3.05, 3.63) is 23.4 Å². The van der Waals surface area contributed by atoms with Crippen LogP contribution in [-0.4, -0.2) is 23.0 Å². The molecule has 0 fully saturated rings. The summed E-state index contributed by atoms with van der Waals surface area (Å²) < 4.78 is 42.6. The van der Waals surface area contributed by atoms with Crippen molar-refractivity contribution in [3.8, 4) is 17.7 Å². The third-order valence-corrected chi connectivity index (χ3v) is 2.63. The average molecular weight is 289 g/mol. The van der Waals surface area contributed by atoms with Crippen LogP contribution in [0.5, 0.6) is 5.88 Å². The summed E-state index contributed by atoms with van der Waals surface area (Å²) in [4.78, 5) is 14.2. The van der Waals surface area contributed by atoms with Gasteiger partial charge in [-0.15, -0.1) is 0 Å². The number of methoxy groups -OCH3 is 1. The Morgan fingerprint density at radius 3 is 2.74 bits per heavy atom. The molecular formula is C12H10F3NO2S. The second-order valence-electron chi connectivity index (χ2n) is 3.36. The summed E-state index contributed by atoms with van der Waals surface area (Å²) in [5.74, 6) is 4.85. The number of carbonyl (C=O) groups excluding carboxylic acids is 1. The molecule has 0 atom stereocenters. The maximum Gasteiger partial charge on any atom is 0.421 e. The Kier molecular flexibility index (Phi) is 5.24. The lowest BCUT2D eigenvalue weighted by Crippen LogP contribution is -2.09. The zero-order valence-corrected chi connectivity index (χ0v) is 11.0. The van der Waals surface area contributed by atoms with Gasteiger partial charge in [0.2, 0.25) is 5.88 Å². The molecule has 0 aliphatic heterocycles. The van der Waals surface area contributed by atoms with E-state index < -0.39 is 17.6 Å². The molecule has 0 amide bonds. The Hall–Kier alpha value is -1.68. The largest absolute Gasteiger partial charge is 0.481 e. The molecule has 0 spiro atoms. The van der Waals surface area contributed by atoms with Crippen molar-refractivity contribution in [1.29, 1.82) is 0 Å². The highest BCUT2D eigenvalue weighted by Gasteiger charge is 2.35. The van der Waals surface area contributed by atoms with Crippen molar-refractivity contribution < 1.29 is 22.7 Å². The highest BCUT2D eigenvalue weighted by molar-refractivity contribution is 8.13. The molecule has 1 aromatic heterocycles. The first-order valence-corrected chi connectivity index (χ1v) is 6.06. The van der Waals surface area contributed by atoms with Crippen LogP contribution in [-0.2, 0) is 11.0 Å². The van der Waals surface area contributed by atoms with E-state index in [1.165, 1.54) is 13.1 Å². The molecule has 0 saturated heterocycles. The van der Waals surface area contributed by atoms with Gasteiger partial charge in [-0.25, -0.2) is 4.98 Å². The fraction of sp³-hybridized carbons (Fsp3) is 0.333. The van der Waals surface area contributed by atoms with E-state index in [1.54, 1.807) is 0 Å². The Morgan fingerprint density at radius 1 is 1.53 bits per heavy atom. The van der Waals surface area contributed by atoms with Gasteiger partial charge in [0.05, 0.1) is 12.9 Å². The van der Waals surface area contributed by atoms with Crippen LogP contribution in [0.1, 0.15) is 18.1 Å². The predicted octanol–water partition coefficient (Wildman–Crippen LogP) is 2.74. The molecule has 0 radical (unpaired) electrons. The highest BCUT2D eigenvalue weighted by Crippen LogP contribution is 2.35. The minimum absolute atomic E-state index is 0.0989. The molecule has 7 heteroatoms. The van der Waals surface area contributed by atoms with Gasteiger partial charge in [-0.05, 0) is 6.07 Å².